The van der Waals surface area contributed by atoms with E-state index in [0.717, 1.165) is 23.0 Å². The maximum Gasteiger partial charge on any atom is 0.118 e. The molecule has 0 aromatic heterocycles. The average Bonchev–Trinajstić information content (AvgIpc) is 3.66. The third-order valence-corrected chi connectivity index (χ3v) is 11.8. The van der Waals surface area contributed by atoms with Crippen molar-refractivity contribution in [1.82, 2.24) is 0 Å². The van der Waals surface area contributed by atoms with E-state index in [1.165, 1.54) is 77.9 Å². The zero-order valence-corrected chi connectivity index (χ0v) is 31.5. The molecule has 0 N–H and O–H groups in total. The lowest BCUT2D eigenvalue weighted by atomic mass is 9.65. The van der Waals surface area contributed by atoms with Crippen molar-refractivity contribution in [3.05, 3.63) is 201 Å². The predicted molar refractivity (Wildman–Crippen MR) is 217 cm³/mol. The van der Waals surface area contributed by atoms with Crippen molar-refractivity contribution in [3.63, 3.8) is 0 Å². The van der Waals surface area contributed by atoms with E-state index in [2.05, 4.69) is 159 Å². The second kappa shape index (κ2) is 12.7. The summed E-state index contributed by atoms with van der Waals surface area (Å²) in [6.45, 7) is 4.38. The summed E-state index contributed by atoms with van der Waals surface area (Å²) in [4.78, 5) is 0. The summed E-state index contributed by atoms with van der Waals surface area (Å²) >= 11 is 0. The van der Waals surface area contributed by atoms with E-state index < -0.39 is 10.8 Å². The van der Waals surface area contributed by atoms with Gasteiger partial charge in [0.05, 0.1) is 39.3 Å². The molecule has 9 rings (SSSR count). The highest BCUT2D eigenvalue weighted by Gasteiger charge is 2.51. The Kier molecular flexibility index (Phi) is 7.90. The minimum atomic E-state index is -0.611. The molecule has 2 aliphatic rings. The van der Waals surface area contributed by atoms with Crippen LogP contribution >= 0.6 is 0 Å². The quantitative estimate of drug-likeness (QED) is 0.158. The van der Waals surface area contributed by atoms with E-state index in [4.69, 9.17) is 18.9 Å². The van der Waals surface area contributed by atoms with Crippen LogP contribution in [0.3, 0.4) is 0 Å². The minimum absolute atomic E-state index is 0.611. The highest BCUT2D eigenvalue weighted by atomic mass is 16.5. The Bertz CT molecular complexity index is 2250. The molecule has 0 spiro atoms. The lowest BCUT2D eigenvalue weighted by Gasteiger charge is -2.36. The standard InChI is InChI=1S/C50H42O4/c1-31-7-25-41-43-29-48-44(30-47(43)49(45(41)27-31,33-9-17-37(51-3)18-10-33)34-11-19-38(52-4)20-12-34)42-26-8-32(2)28-46(42)50(48,35-13-21-39(53-5)22-14-35)36-15-23-40(54-6)24-16-36/h7-30H,1-6H3. The predicted octanol–water partition coefficient (Wildman–Crippen LogP) is 11.1. The van der Waals surface area contributed by atoms with Crippen LogP contribution in [0, 0.1) is 13.8 Å². The largest absolute Gasteiger partial charge is 0.497 e. The fourth-order valence-electron chi connectivity index (χ4n) is 9.30. The first-order valence-corrected chi connectivity index (χ1v) is 18.4. The van der Waals surface area contributed by atoms with Crippen molar-refractivity contribution in [1.29, 1.82) is 0 Å². The molecule has 7 aromatic rings. The molecular formula is C50H42O4. The molecule has 0 radical (unpaired) electrons. The van der Waals surface area contributed by atoms with Crippen LogP contribution in [-0.2, 0) is 10.8 Å². The number of methoxy groups -OCH3 is 4. The van der Waals surface area contributed by atoms with Crippen LogP contribution in [0.2, 0.25) is 0 Å². The molecule has 0 heterocycles. The van der Waals surface area contributed by atoms with Gasteiger partial charge in [0.15, 0.2) is 0 Å². The summed E-state index contributed by atoms with van der Waals surface area (Å²) in [6.07, 6.45) is 0. The van der Waals surface area contributed by atoms with Crippen molar-refractivity contribution >= 4 is 0 Å². The number of aryl methyl sites for hydroxylation is 2. The van der Waals surface area contributed by atoms with Crippen molar-refractivity contribution in [2.24, 2.45) is 0 Å². The fraction of sp³-hybridized carbons (Fsp3) is 0.160. The van der Waals surface area contributed by atoms with E-state index >= 15 is 0 Å². The number of rotatable bonds is 8. The monoisotopic (exact) mass is 706 g/mol. The Morgan fingerprint density at radius 1 is 0.296 bits per heavy atom. The average molecular weight is 707 g/mol. The van der Waals surface area contributed by atoms with Crippen molar-refractivity contribution in [2.75, 3.05) is 28.4 Å². The molecule has 0 bridgehead atoms. The number of benzene rings is 7. The maximum atomic E-state index is 5.67. The SMILES string of the molecule is COc1ccc(C2(c3ccc(OC)cc3)c3cc(C)ccc3-c3cc4c(cc32)-c2ccc(C)cc2C4(c2ccc(OC)cc2)c2ccc(OC)cc2)cc1. The molecule has 266 valence electrons. The Balaban J connectivity index is 1.43. The zero-order valence-electron chi connectivity index (χ0n) is 31.5. The molecule has 0 aliphatic heterocycles. The van der Waals surface area contributed by atoms with Crippen LogP contribution in [0.25, 0.3) is 22.3 Å². The second-order valence-corrected chi connectivity index (χ2v) is 14.5. The van der Waals surface area contributed by atoms with Gasteiger partial charge in [-0.2, -0.15) is 0 Å². The lowest BCUT2D eigenvalue weighted by Crippen LogP contribution is -2.30. The molecule has 54 heavy (non-hydrogen) atoms. The van der Waals surface area contributed by atoms with Crippen LogP contribution in [-0.4, -0.2) is 28.4 Å². The third-order valence-electron chi connectivity index (χ3n) is 11.8. The van der Waals surface area contributed by atoms with Crippen LogP contribution in [0.4, 0.5) is 0 Å². The molecule has 0 fully saturated rings. The van der Waals surface area contributed by atoms with Crippen LogP contribution in [0.15, 0.2) is 146 Å². The van der Waals surface area contributed by atoms with E-state index in [0.29, 0.717) is 0 Å². The molecule has 4 heteroatoms. The summed E-state index contributed by atoms with van der Waals surface area (Å²) in [5.41, 5.74) is 15.9. The first-order chi connectivity index (χ1) is 26.4. The summed E-state index contributed by atoms with van der Waals surface area (Å²) in [7, 11) is 6.88. The minimum Gasteiger partial charge on any atom is -0.497 e. The Hall–Kier alpha value is -6.26. The topological polar surface area (TPSA) is 36.9 Å². The normalized spacial score (nSPS) is 14.0. The van der Waals surface area contributed by atoms with E-state index in [1.807, 2.05) is 0 Å². The van der Waals surface area contributed by atoms with E-state index in [1.54, 1.807) is 28.4 Å². The molecule has 0 atom stereocenters. The van der Waals surface area contributed by atoms with E-state index in [9.17, 15) is 0 Å². The van der Waals surface area contributed by atoms with Gasteiger partial charge in [-0.25, -0.2) is 0 Å². The van der Waals surface area contributed by atoms with Gasteiger partial charge in [-0.1, -0.05) is 96.1 Å². The van der Waals surface area contributed by atoms with Gasteiger partial charge in [-0.3, -0.25) is 0 Å². The molecule has 4 nitrogen and oxygen atoms in total. The second-order valence-electron chi connectivity index (χ2n) is 14.5. The number of fused-ring (bicyclic) bond motifs is 6. The first kappa shape index (κ1) is 33.6. The molecule has 7 aromatic carbocycles. The zero-order chi connectivity index (χ0) is 37.2. The van der Waals surface area contributed by atoms with Gasteiger partial charge in [0, 0.05) is 0 Å². The van der Waals surface area contributed by atoms with Crippen LogP contribution in [0.1, 0.15) is 55.6 Å². The fourth-order valence-corrected chi connectivity index (χ4v) is 9.30. The molecule has 0 amide bonds. The number of hydrogen-bond acceptors (Lipinski definition) is 4. The van der Waals surface area contributed by atoms with Gasteiger partial charge in [0.1, 0.15) is 23.0 Å². The van der Waals surface area contributed by atoms with Crippen LogP contribution < -0.4 is 18.9 Å². The van der Waals surface area contributed by atoms with Crippen molar-refractivity contribution in [3.8, 4) is 45.3 Å². The summed E-state index contributed by atoms with van der Waals surface area (Å²) in [5.74, 6) is 3.31. The highest BCUT2D eigenvalue weighted by Crippen LogP contribution is 2.63. The van der Waals surface area contributed by atoms with Gasteiger partial charge in [-0.05, 0) is 141 Å². The summed E-state index contributed by atoms with van der Waals surface area (Å²) in [5, 5.41) is 0. The molecule has 0 saturated carbocycles. The summed E-state index contributed by atoms with van der Waals surface area (Å²) in [6, 6.07) is 53.4. The third kappa shape index (κ3) is 4.69. The smallest absolute Gasteiger partial charge is 0.118 e. The Morgan fingerprint density at radius 2 is 0.556 bits per heavy atom. The van der Waals surface area contributed by atoms with E-state index in [-0.39, 0.29) is 0 Å². The van der Waals surface area contributed by atoms with Gasteiger partial charge in [0.2, 0.25) is 0 Å². The number of hydrogen-bond donors (Lipinski definition) is 0. The lowest BCUT2D eigenvalue weighted by molar-refractivity contribution is 0.414. The highest BCUT2D eigenvalue weighted by molar-refractivity contribution is 5.95. The van der Waals surface area contributed by atoms with Gasteiger partial charge in [0.25, 0.3) is 0 Å². The maximum absolute atomic E-state index is 5.67. The molecular weight excluding hydrogens is 665 g/mol. The molecule has 0 unspecified atom stereocenters. The number of ether oxygens (including phenoxy) is 4. The summed E-state index contributed by atoms with van der Waals surface area (Å²) < 4.78 is 22.7. The van der Waals surface area contributed by atoms with Crippen LogP contribution in [0.5, 0.6) is 23.0 Å². The Labute approximate surface area is 317 Å². The van der Waals surface area contributed by atoms with Gasteiger partial charge < -0.3 is 18.9 Å². The van der Waals surface area contributed by atoms with Gasteiger partial charge in [-0.15, -0.1) is 0 Å². The molecule has 0 saturated heterocycles. The molecule has 2 aliphatic carbocycles. The van der Waals surface area contributed by atoms with Gasteiger partial charge >= 0.3 is 0 Å². The van der Waals surface area contributed by atoms with Crippen molar-refractivity contribution < 1.29 is 18.9 Å². The first-order valence-electron chi connectivity index (χ1n) is 18.4. The van der Waals surface area contributed by atoms with Crippen molar-refractivity contribution in [2.45, 2.75) is 24.7 Å². The Morgan fingerprint density at radius 3 is 0.815 bits per heavy atom.